The number of pyridine rings is 2. The van der Waals surface area contributed by atoms with Crippen LogP contribution < -0.4 is 20.9 Å². The van der Waals surface area contributed by atoms with Crippen molar-refractivity contribution in [1.29, 1.82) is 0 Å². The van der Waals surface area contributed by atoms with Crippen LogP contribution in [0.25, 0.3) is 11.3 Å². The van der Waals surface area contributed by atoms with E-state index in [1.807, 2.05) is 46.3 Å². The Kier molecular flexibility index (Phi) is 12.5. The number of nitrogens with two attached hydrogens (primary N) is 2. The second kappa shape index (κ2) is 16.1. The number of rotatable bonds is 7. The van der Waals surface area contributed by atoms with Crippen LogP contribution in [0.5, 0.6) is 0 Å². The van der Waals surface area contributed by atoms with Gasteiger partial charge in [-0.15, -0.1) is 0 Å². The minimum absolute atomic E-state index is 0.0165. The molecule has 2 heterocycles. The van der Waals surface area contributed by atoms with E-state index in [0.29, 0.717) is 22.0 Å². The Morgan fingerprint density at radius 3 is 1.44 bits per heavy atom. The Labute approximate surface area is 325 Å². The number of hydrogen-bond acceptors (Lipinski definition) is 10. The van der Waals surface area contributed by atoms with Crippen molar-refractivity contribution in [1.82, 2.24) is 19.4 Å². The lowest BCUT2D eigenvalue weighted by molar-refractivity contribution is 0.0972. The fourth-order valence-corrected chi connectivity index (χ4v) is 7.15. The molecule has 2 aromatic heterocycles. The Morgan fingerprint density at radius 2 is 1.02 bits per heavy atom. The minimum atomic E-state index is -4.10. The van der Waals surface area contributed by atoms with Crippen molar-refractivity contribution in [3.8, 4) is 11.3 Å². The molecular weight excluding hydrogens is 771 g/mol. The zero-order valence-corrected chi connectivity index (χ0v) is 33.5. The van der Waals surface area contributed by atoms with Crippen LogP contribution in [-0.4, -0.2) is 38.6 Å². The molecule has 0 spiro atoms. The predicted molar refractivity (Wildman–Crippen MR) is 212 cm³/mol. The van der Waals surface area contributed by atoms with Crippen molar-refractivity contribution in [3.05, 3.63) is 130 Å². The van der Waals surface area contributed by atoms with Crippen LogP contribution in [0.2, 0.25) is 10.2 Å². The number of anilines is 2. The zero-order chi connectivity index (χ0) is 40.2. The molecule has 6 N–H and O–H groups in total. The highest BCUT2D eigenvalue weighted by atomic mass is 35.5. The summed E-state index contributed by atoms with van der Waals surface area (Å²) in [4.78, 5) is 33.8. The lowest BCUT2D eigenvalue weighted by atomic mass is 9.90. The summed E-state index contributed by atoms with van der Waals surface area (Å²) in [6.45, 7) is 11.9. The first-order valence-electron chi connectivity index (χ1n) is 16.3. The number of nitrogen functional groups attached to an aromatic ring is 2. The van der Waals surface area contributed by atoms with Crippen molar-refractivity contribution in [2.24, 2.45) is 0 Å². The molecule has 0 atom stereocenters. The summed E-state index contributed by atoms with van der Waals surface area (Å²) in [5, 5.41) is 0.490. The number of carbonyl (C=O) groups is 2. The third kappa shape index (κ3) is 10.6. The van der Waals surface area contributed by atoms with Gasteiger partial charge in [-0.05, 0) is 72.8 Å². The molecule has 3 aromatic carbocycles. The molecule has 0 aliphatic rings. The van der Waals surface area contributed by atoms with Gasteiger partial charge in [0.05, 0.1) is 26.6 Å². The highest BCUT2D eigenvalue weighted by Crippen LogP contribution is 2.29. The minimum Gasteiger partial charge on any atom is -0.399 e. The molecule has 5 rings (SSSR count). The van der Waals surface area contributed by atoms with E-state index in [9.17, 15) is 26.4 Å². The molecule has 0 unspecified atom stereocenters. The van der Waals surface area contributed by atoms with E-state index < -0.39 is 31.9 Å². The Balaban J connectivity index is 0.000000247. The van der Waals surface area contributed by atoms with Crippen molar-refractivity contribution in [2.75, 3.05) is 11.5 Å². The fraction of sp³-hybridized carbons (Fsp3) is 0.211. The molecule has 0 saturated carbocycles. The number of nitrogens with one attached hydrogen (secondary N) is 2. The molecule has 12 nitrogen and oxygen atoms in total. The first-order chi connectivity index (χ1) is 25.0. The Bertz CT molecular complexity index is 2430. The molecule has 0 aliphatic heterocycles. The normalized spacial score (nSPS) is 11.9. The van der Waals surface area contributed by atoms with Crippen LogP contribution in [0.1, 0.15) is 73.6 Å². The monoisotopic (exact) mass is 810 g/mol. The van der Waals surface area contributed by atoms with E-state index in [1.54, 1.807) is 54.6 Å². The summed E-state index contributed by atoms with van der Waals surface area (Å²) in [6, 6.07) is 24.6. The average Bonchev–Trinajstić information content (AvgIpc) is 3.07. The quantitative estimate of drug-likeness (QED) is 0.0967. The Morgan fingerprint density at radius 1 is 0.593 bits per heavy atom. The topological polar surface area (TPSA) is 204 Å². The Hall–Kier alpha value is -5.02. The molecule has 5 aromatic rings. The number of aromatic nitrogens is 2. The molecule has 0 fully saturated rings. The van der Waals surface area contributed by atoms with Gasteiger partial charge in [-0.2, -0.15) is 0 Å². The molecule has 0 bridgehead atoms. The van der Waals surface area contributed by atoms with E-state index in [1.165, 1.54) is 42.5 Å². The smallest absolute Gasteiger partial charge is 0.268 e. The SMILES string of the molecule is CC(C)(C)c1ccc(C(=O)NS(=O)(=O)c2cccc(N)c2)c(-c2ccc(Cl)cc2)n1.CC(C)(C)c1ccc(C(=O)NS(=O)(=O)c2cccc(N)c2)c(Cl)n1. The van der Waals surface area contributed by atoms with E-state index in [-0.39, 0.29) is 48.3 Å². The van der Waals surface area contributed by atoms with Gasteiger partial charge >= 0.3 is 0 Å². The van der Waals surface area contributed by atoms with Crippen LogP contribution in [-0.2, 0) is 30.9 Å². The fourth-order valence-electron chi connectivity index (χ4n) is 4.74. The number of hydrogen-bond donors (Lipinski definition) is 4. The van der Waals surface area contributed by atoms with Gasteiger partial charge in [0.1, 0.15) is 5.15 Å². The van der Waals surface area contributed by atoms with Crippen LogP contribution >= 0.6 is 23.2 Å². The highest BCUT2D eigenvalue weighted by Gasteiger charge is 2.26. The lowest BCUT2D eigenvalue weighted by Gasteiger charge is -2.20. The maximum atomic E-state index is 13.0. The van der Waals surface area contributed by atoms with Gasteiger partial charge in [0.25, 0.3) is 31.9 Å². The van der Waals surface area contributed by atoms with Gasteiger partial charge in [0.15, 0.2) is 0 Å². The van der Waals surface area contributed by atoms with Crippen LogP contribution in [0.3, 0.4) is 0 Å². The van der Waals surface area contributed by atoms with Gasteiger partial charge < -0.3 is 11.5 Å². The third-order valence-corrected chi connectivity index (χ3v) is 10.9. The number of amides is 2. The van der Waals surface area contributed by atoms with Gasteiger partial charge in [-0.1, -0.05) is 89.0 Å². The summed E-state index contributed by atoms with van der Waals surface area (Å²) in [5.74, 6) is -1.63. The second-order valence-electron chi connectivity index (χ2n) is 14.1. The van der Waals surface area contributed by atoms with E-state index in [0.717, 1.165) is 5.69 Å². The van der Waals surface area contributed by atoms with Gasteiger partial charge in [0, 0.05) is 44.2 Å². The van der Waals surface area contributed by atoms with Gasteiger partial charge in [-0.3, -0.25) is 14.6 Å². The third-order valence-electron chi connectivity index (χ3n) is 7.68. The van der Waals surface area contributed by atoms with Crippen molar-refractivity contribution >= 4 is 66.4 Å². The lowest BCUT2D eigenvalue weighted by Crippen LogP contribution is -2.31. The number of carbonyl (C=O) groups excluding carboxylic acids is 2. The number of nitrogens with zero attached hydrogens (tertiary/aromatic N) is 2. The molecule has 0 saturated heterocycles. The molecular formula is C38H40Cl2N6O6S2. The van der Waals surface area contributed by atoms with E-state index in [4.69, 9.17) is 34.7 Å². The standard InChI is InChI=1S/C22H22ClN3O3S.C16H18ClN3O3S/c1-22(2,3)19-12-11-18(20(25-19)14-7-9-15(23)10-8-14)21(27)26-30(28,29)17-6-4-5-16(24)13-17;1-16(2,3)13-8-7-12(14(17)19-13)15(21)20-24(22,23)11-6-4-5-10(18)9-11/h4-13H,24H2,1-3H3,(H,26,27);4-9H,18H2,1-3H3,(H,20,21). The van der Waals surface area contributed by atoms with Crippen molar-refractivity contribution < 1.29 is 26.4 Å². The van der Waals surface area contributed by atoms with Gasteiger partial charge in [-0.25, -0.2) is 31.3 Å². The summed E-state index contributed by atoms with van der Waals surface area (Å²) < 4.78 is 53.9. The van der Waals surface area contributed by atoms with Crippen LogP contribution in [0.4, 0.5) is 11.4 Å². The maximum absolute atomic E-state index is 13.0. The van der Waals surface area contributed by atoms with Crippen LogP contribution in [0, 0.1) is 0 Å². The molecule has 0 radical (unpaired) electrons. The summed E-state index contributed by atoms with van der Waals surface area (Å²) in [7, 11) is -8.15. The average molecular weight is 812 g/mol. The van der Waals surface area contributed by atoms with Crippen molar-refractivity contribution in [3.63, 3.8) is 0 Å². The number of halogens is 2. The molecule has 2 amide bonds. The first kappa shape index (κ1) is 41.7. The predicted octanol–water partition coefficient (Wildman–Crippen LogP) is 7.13. The van der Waals surface area contributed by atoms with E-state index in [2.05, 4.69) is 14.7 Å². The van der Waals surface area contributed by atoms with Crippen LogP contribution in [0.15, 0.2) is 107 Å². The van der Waals surface area contributed by atoms with Crippen molar-refractivity contribution in [2.45, 2.75) is 62.2 Å². The summed E-state index contributed by atoms with van der Waals surface area (Å²) in [5.41, 5.74) is 13.9. The van der Waals surface area contributed by atoms with Gasteiger partial charge in [0.2, 0.25) is 0 Å². The molecule has 284 valence electrons. The molecule has 16 heteroatoms. The molecule has 0 aliphatic carbocycles. The number of benzene rings is 3. The van der Waals surface area contributed by atoms with E-state index >= 15 is 0 Å². The summed E-state index contributed by atoms with van der Waals surface area (Å²) in [6.07, 6.45) is 0. The maximum Gasteiger partial charge on any atom is 0.268 e. The summed E-state index contributed by atoms with van der Waals surface area (Å²) >= 11 is 12.0. The highest BCUT2D eigenvalue weighted by molar-refractivity contribution is 7.90. The zero-order valence-electron chi connectivity index (χ0n) is 30.3. The number of sulfonamides is 2. The second-order valence-corrected chi connectivity index (χ2v) is 18.3. The largest absolute Gasteiger partial charge is 0.399 e. The molecule has 54 heavy (non-hydrogen) atoms. The first-order valence-corrected chi connectivity index (χ1v) is 20.0.